The molecule has 1 heterocycles. The Morgan fingerprint density at radius 2 is 2.24 bits per heavy atom. The van der Waals surface area contributed by atoms with Crippen LogP contribution in [-0.2, 0) is 0 Å². The number of nitrogens with one attached hydrogen (secondary N) is 1. The van der Waals surface area contributed by atoms with Gasteiger partial charge in [-0.3, -0.25) is 4.79 Å². The largest absolute Gasteiger partial charge is 0.494 e. The topological polar surface area (TPSA) is 69.3 Å². The summed E-state index contributed by atoms with van der Waals surface area (Å²) in [6, 6.07) is 9.51. The van der Waals surface area contributed by atoms with Crippen LogP contribution >= 0.6 is 0 Å². The molecule has 1 aromatic heterocycles. The average Bonchev–Trinajstić information content (AvgIpc) is 3.22. The number of aromatic nitrogens is 1. The summed E-state index contributed by atoms with van der Waals surface area (Å²) in [5.74, 6) is 0.597. The molecular weight excluding hydrogens is 266 g/mol. The van der Waals surface area contributed by atoms with Crippen LogP contribution in [0.4, 0.5) is 11.4 Å². The Kier molecular flexibility index (Phi) is 3.56. The average molecular weight is 285 g/mol. The van der Waals surface area contributed by atoms with E-state index in [0.29, 0.717) is 29.7 Å². The molecular formula is C16H19N3O2. The molecule has 1 aromatic carbocycles. The van der Waals surface area contributed by atoms with Crippen molar-refractivity contribution in [1.29, 1.82) is 0 Å². The highest BCUT2D eigenvalue weighted by Gasteiger charge is 2.27. The standard InChI is InChI=1S/C16H19N3O2/c1-2-21-14-5-3-4-12(9-14)18-16(20)15-8-11(17)10-19(15)13-6-7-13/h3-5,8-10,13H,2,6-7,17H2,1H3,(H,18,20). The molecule has 3 N–H and O–H groups in total. The van der Waals surface area contributed by atoms with E-state index in [-0.39, 0.29) is 5.91 Å². The minimum Gasteiger partial charge on any atom is -0.494 e. The molecule has 0 unspecified atom stereocenters. The van der Waals surface area contributed by atoms with Crippen molar-refractivity contribution in [2.24, 2.45) is 0 Å². The lowest BCUT2D eigenvalue weighted by atomic mass is 10.3. The van der Waals surface area contributed by atoms with Crippen LogP contribution in [0.2, 0.25) is 0 Å². The van der Waals surface area contributed by atoms with Gasteiger partial charge in [0.15, 0.2) is 0 Å². The monoisotopic (exact) mass is 285 g/mol. The Labute approximate surface area is 123 Å². The highest BCUT2D eigenvalue weighted by atomic mass is 16.5. The van der Waals surface area contributed by atoms with E-state index < -0.39 is 0 Å². The predicted octanol–water partition coefficient (Wildman–Crippen LogP) is 3.06. The Morgan fingerprint density at radius 3 is 2.95 bits per heavy atom. The van der Waals surface area contributed by atoms with E-state index in [4.69, 9.17) is 10.5 Å². The molecule has 1 amide bonds. The number of ether oxygens (including phenoxy) is 1. The number of hydrogen-bond acceptors (Lipinski definition) is 3. The van der Waals surface area contributed by atoms with Gasteiger partial charge in [-0.1, -0.05) is 6.07 Å². The molecule has 0 radical (unpaired) electrons. The van der Waals surface area contributed by atoms with Crippen molar-refractivity contribution in [3.05, 3.63) is 42.2 Å². The molecule has 5 heteroatoms. The fourth-order valence-electron chi connectivity index (χ4n) is 2.36. The maximum Gasteiger partial charge on any atom is 0.272 e. The minimum absolute atomic E-state index is 0.146. The fraction of sp³-hybridized carbons (Fsp3) is 0.312. The molecule has 0 bridgehead atoms. The van der Waals surface area contributed by atoms with Gasteiger partial charge in [-0.25, -0.2) is 0 Å². The number of nitrogen functional groups attached to an aromatic ring is 1. The Bertz CT molecular complexity index is 659. The molecule has 1 aliphatic rings. The number of nitrogens with zero attached hydrogens (tertiary/aromatic N) is 1. The van der Waals surface area contributed by atoms with Gasteiger partial charge in [0.05, 0.1) is 12.3 Å². The van der Waals surface area contributed by atoms with Crippen molar-refractivity contribution in [3.63, 3.8) is 0 Å². The normalized spacial score (nSPS) is 14.0. The predicted molar refractivity (Wildman–Crippen MR) is 82.7 cm³/mol. The van der Waals surface area contributed by atoms with Gasteiger partial charge >= 0.3 is 0 Å². The van der Waals surface area contributed by atoms with Crippen molar-refractivity contribution < 1.29 is 9.53 Å². The van der Waals surface area contributed by atoms with Crippen LogP contribution in [0.15, 0.2) is 36.5 Å². The summed E-state index contributed by atoms with van der Waals surface area (Å²) >= 11 is 0. The molecule has 1 aliphatic carbocycles. The number of rotatable bonds is 5. The number of hydrogen-bond donors (Lipinski definition) is 2. The molecule has 1 fully saturated rings. The zero-order valence-corrected chi connectivity index (χ0v) is 12.0. The van der Waals surface area contributed by atoms with Gasteiger partial charge in [-0.15, -0.1) is 0 Å². The maximum absolute atomic E-state index is 12.4. The minimum atomic E-state index is -0.146. The van der Waals surface area contributed by atoms with Gasteiger partial charge < -0.3 is 20.4 Å². The number of amides is 1. The van der Waals surface area contributed by atoms with Crippen molar-refractivity contribution in [2.75, 3.05) is 17.7 Å². The highest BCUT2D eigenvalue weighted by Crippen LogP contribution is 2.37. The van der Waals surface area contributed by atoms with Crippen molar-refractivity contribution in [1.82, 2.24) is 4.57 Å². The number of nitrogens with two attached hydrogens (primary N) is 1. The second-order valence-electron chi connectivity index (χ2n) is 5.21. The van der Waals surface area contributed by atoms with E-state index in [1.54, 1.807) is 6.07 Å². The molecule has 0 atom stereocenters. The Hall–Kier alpha value is -2.43. The summed E-state index contributed by atoms with van der Waals surface area (Å²) < 4.78 is 7.40. The van der Waals surface area contributed by atoms with E-state index in [9.17, 15) is 4.79 Å². The van der Waals surface area contributed by atoms with E-state index in [1.165, 1.54) is 0 Å². The highest BCUT2D eigenvalue weighted by molar-refractivity contribution is 6.04. The second-order valence-corrected chi connectivity index (χ2v) is 5.21. The lowest BCUT2D eigenvalue weighted by molar-refractivity contribution is 0.101. The summed E-state index contributed by atoms with van der Waals surface area (Å²) in [6.45, 7) is 2.52. The molecule has 0 spiro atoms. The summed E-state index contributed by atoms with van der Waals surface area (Å²) in [6.07, 6.45) is 4.05. The Balaban J connectivity index is 1.78. The van der Waals surface area contributed by atoms with Gasteiger partial charge in [0.1, 0.15) is 11.4 Å². The van der Waals surface area contributed by atoms with E-state index in [2.05, 4.69) is 5.32 Å². The number of carbonyl (C=O) groups is 1. The van der Waals surface area contributed by atoms with Crippen molar-refractivity contribution in [3.8, 4) is 5.75 Å². The fourth-order valence-corrected chi connectivity index (χ4v) is 2.36. The van der Waals surface area contributed by atoms with Gasteiger partial charge in [-0.05, 0) is 38.0 Å². The summed E-state index contributed by atoms with van der Waals surface area (Å²) in [5.41, 5.74) is 7.76. The van der Waals surface area contributed by atoms with E-state index in [1.807, 2.05) is 42.0 Å². The molecule has 0 saturated heterocycles. The van der Waals surface area contributed by atoms with Crippen LogP contribution in [-0.4, -0.2) is 17.1 Å². The molecule has 21 heavy (non-hydrogen) atoms. The lowest BCUT2D eigenvalue weighted by Crippen LogP contribution is -2.16. The molecule has 5 nitrogen and oxygen atoms in total. The first kappa shape index (κ1) is 13.5. The third kappa shape index (κ3) is 3.02. The van der Waals surface area contributed by atoms with Crippen LogP contribution in [0.3, 0.4) is 0 Å². The lowest BCUT2D eigenvalue weighted by Gasteiger charge is -2.10. The smallest absolute Gasteiger partial charge is 0.272 e. The first-order valence-corrected chi connectivity index (χ1v) is 7.19. The van der Waals surface area contributed by atoms with Crippen LogP contribution in [0, 0.1) is 0 Å². The van der Waals surface area contributed by atoms with Crippen LogP contribution < -0.4 is 15.8 Å². The Morgan fingerprint density at radius 1 is 1.43 bits per heavy atom. The SMILES string of the molecule is CCOc1cccc(NC(=O)c2cc(N)cn2C2CC2)c1. The summed E-state index contributed by atoms with van der Waals surface area (Å²) in [4.78, 5) is 12.4. The molecule has 2 aromatic rings. The van der Waals surface area contributed by atoms with Crippen molar-refractivity contribution in [2.45, 2.75) is 25.8 Å². The molecule has 0 aliphatic heterocycles. The van der Waals surface area contributed by atoms with Gasteiger partial charge in [0, 0.05) is 24.0 Å². The molecule has 1 saturated carbocycles. The summed E-state index contributed by atoms with van der Waals surface area (Å²) in [7, 11) is 0. The third-order valence-electron chi connectivity index (χ3n) is 3.45. The van der Waals surface area contributed by atoms with Gasteiger partial charge in [-0.2, -0.15) is 0 Å². The van der Waals surface area contributed by atoms with Gasteiger partial charge in [0.2, 0.25) is 0 Å². The second kappa shape index (κ2) is 5.52. The van der Waals surface area contributed by atoms with Crippen molar-refractivity contribution >= 4 is 17.3 Å². The van der Waals surface area contributed by atoms with E-state index in [0.717, 1.165) is 18.6 Å². The zero-order chi connectivity index (χ0) is 14.8. The van der Waals surface area contributed by atoms with Gasteiger partial charge in [0.25, 0.3) is 5.91 Å². The zero-order valence-electron chi connectivity index (χ0n) is 12.0. The van der Waals surface area contributed by atoms with Crippen LogP contribution in [0.1, 0.15) is 36.3 Å². The number of carbonyl (C=O) groups excluding carboxylic acids is 1. The first-order chi connectivity index (χ1) is 10.2. The maximum atomic E-state index is 12.4. The first-order valence-electron chi connectivity index (χ1n) is 7.19. The number of anilines is 2. The van der Waals surface area contributed by atoms with E-state index >= 15 is 0 Å². The summed E-state index contributed by atoms with van der Waals surface area (Å²) in [5, 5.41) is 2.90. The molecule has 3 rings (SSSR count). The van der Waals surface area contributed by atoms with Crippen LogP contribution in [0.5, 0.6) is 5.75 Å². The molecule has 110 valence electrons. The third-order valence-corrected chi connectivity index (χ3v) is 3.45. The number of benzene rings is 1. The van der Waals surface area contributed by atoms with Crippen LogP contribution in [0.25, 0.3) is 0 Å². The quantitative estimate of drug-likeness (QED) is 0.887.